The van der Waals surface area contributed by atoms with E-state index in [0.29, 0.717) is 36.9 Å². The van der Waals surface area contributed by atoms with Crippen molar-refractivity contribution < 1.29 is 48.7 Å². The molecule has 3 N–H and O–H groups in total. The lowest BCUT2D eigenvalue weighted by atomic mass is 9.79. The Bertz CT molecular complexity index is 1330. The number of Topliss-reactive ketones (excluding diaryl/α,β-unsaturated/α-hetero) is 3. The molecule has 2 rings (SSSR count). The van der Waals surface area contributed by atoms with Crippen molar-refractivity contribution in [3.8, 4) is 0 Å². The van der Waals surface area contributed by atoms with Gasteiger partial charge in [0.25, 0.3) is 0 Å². The standard InChI is InChI=1S/C46H76O10/c1-30(16-20-39-21-18-36(7)46(52,56-39)37(8)48)14-12-11-13-15-31(2)26-34(5)43(50)45(54-10)44(51)35(6)28-33(4)40(49)22-17-32(3)27-38-19-23-41(55-25-24-47)42(29-38)53-9/h11-15,28,31-34,36,38-39,41-42,44-45,47,51-52H,16-27,29H2,1-10H3/b12-11+,15-13+,30-14+,35-28+/t31-,32+,33-,34-,36-,38?,39-,41-,42-,44-,45+,46-/m1/s1. The van der Waals surface area contributed by atoms with Crippen LogP contribution in [0.4, 0.5) is 0 Å². The Morgan fingerprint density at radius 1 is 0.946 bits per heavy atom. The van der Waals surface area contributed by atoms with Crippen LogP contribution in [-0.2, 0) is 33.3 Å². The summed E-state index contributed by atoms with van der Waals surface area (Å²) in [4.78, 5) is 38.5. The van der Waals surface area contributed by atoms with E-state index in [1.54, 1.807) is 20.1 Å². The van der Waals surface area contributed by atoms with Crippen LogP contribution in [0.3, 0.4) is 0 Å². The quantitative estimate of drug-likeness (QED) is 0.0622. The van der Waals surface area contributed by atoms with Gasteiger partial charge < -0.3 is 34.3 Å². The SMILES string of the molecule is CO[C@@H]1CC(C[C@@H](C)CCC(=O)[C@H](C)/C=C(\C)[C@@H](O)[C@@H](OC)C(=O)[C@H](C)C[C@H](C)/C=C/C=C/C=C(\C)CC[C@@H]2CC[C@@H](C)[C@](O)(C(C)=O)O2)CC[C@H]1OCCO. The highest BCUT2D eigenvalue weighted by molar-refractivity contribution is 5.86. The van der Waals surface area contributed by atoms with Crippen molar-refractivity contribution in [2.24, 2.45) is 35.5 Å². The molecule has 1 saturated heterocycles. The first-order valence-corrected chi connectivity index (χ1v) is 21.1. The summed E-state index contributed by atoms with van der Waals surface area (Å²) in [7, 11) is 3.15. The lowest BCUT2D eigenvalue weighted by Crippen LogP contribution is -2.51. The summed E-state index contributed by atoms with van der Waals surface area (Å²) in [5.41, 5.74) is 1.72. The fourth-order valence-corrected chi connectivity index (χ4v) is 8.31. The van der Waals surface area contributed by atoms with Crippen molar-refractivity contribution in [3.05, 3.63) is 47.6 Å². The average Bonchev–Trinajstić information content (AvgIpc) is 3.16. The monoisotopic (exact) mass is 789 g/mol. The zero-order chi connectivity index (χ0) is 42.0. The molecule has 2 aliphatic rings. The summed E-state index contributed by atoms with van der Waals surface area (Å²) < 4.78 is 22.8. The number of hydrogen-bond donors (Lipinski definition) is 3. The molecule has 0 amide bonds. The van der Waals surface area contributed by atoms with Crippen LogP contribution in [0.25, 0.3) is 0 Å². The van der Waals surface area contributed by atoms with E-state index in [1.807, 2.05) is 45.1 Å². The summed E-state index contributed by atoms with van der Waals surface area (Å²) in [6.45, 7) is 15.3. The van der Waals surface area contributed by atoms with Crippen molar-refractivity contribution in [2.45, 2.75) is 162 Å². The maximum Gasteiger partial charge on any atom is 0.229 e. The summed E-state index contributed by atoms with van der Waals surface area (Å²) in [5, 5.41) is 30.9. The number of rotatable bonds is 25. The highest BCUT2D eigenvalue weighted by atomic mass is 16.6. The Morgan fingerprint density at radius 2 is 1.66 bits per heavy atom. The fraction of sp³-hybridized carbons (Fsp3) is 0.761. The number of hydrogen-bond acceptors (Lipinski definition) is 10. The first-order valence-electron chi connectivity index (χ1n) is 21.1. The van der Waals surface area contributed by atoms with Crippen LogP contribution in [-0.4, -0.2) is 96.4 Å². The number of aliphatic hydroxyl groups is 3. The van der Waals surface area contributed by atoms with Crippen molar-refractivity contribution in [2.75, 3.05) is 27.4 Å². The summed E-state index contributed by atoms with van der Waals surface area (Å²) in [6, 6.07) is 0. The van der Waals surface area contributed by atoms with E-state index >= 15 is 0 Å². The second-order valence-corrected chi connectivity index (χ2v) is 17.0. The van der Waals surface area contributed by atoms with Gasteiger partial charge in [0.15, 0.2) is 11.6 Å². The van der Waals surface area contributed by atoms with E-state index in [4.69, 9.17) is 24.1 Å². The van der Waals surface area contributed by atoms with Crippen LogP contribution in [0.15, 0.2) is 47.6 Å². The second kappa shape index (κ2) is 25.2. The van der Waals surface area contributed by atoms with Gasteiger partial charge in [-0.25, -0.2) is 0 Å². The Labute approximate surface area is 338 Å². The predicted molar refractivity (Wildman–Crippen MR) is 221 cm³/mol. The number of allylic oxidation sites excluding steroid dienone is 7. The molecule has 2 fully saturated rings. The molecule has 0 aromatic heterocycles. The van der Waals surface area contributed by atoms with Gasteiger partial charge in [0.05, 0.1) is 31.5 Å². The Morgan fingerprint density at radius 3 is 2.30 bits per heavy atom. The number of carbonyl (C=O) groups excluding carboxylic acids is 3. The number of carbonyl (C=O) groups is 3. The summed E-state index contributed by atoms with van der Waals surface area (Å²) >= 11 is 0. The average molecular weight is 789 g/mol. The zero-order valence-electron chi connectivity index (χ0n) is 36.2. The lowest BCUT2D eigenvalue weighted by Gasteiger charge is -2.40. The third-order valence-electron chi connectivity index (χ3n) is 12.0. The Hall–Kier alpha value is -2.31. The van der Waals surface area contributed by atoms with Crippen LogP contribution in [0.2, 0.25) is 0 Å². The fourth-order valence-electron chi connectivity index (χ4n) is 8.31. The Kier molecular flexibility index (Phi) is 22.5. The van der Waals surface area contributed by atoms with Gasteiger partial charge in [0.1, 0.15) is 18.0 Å². The minimum absolute atomic E-state index is 0.00830. The van der Waals surface area contributed by atoms with Crippen molar-refractivity contribution in [3.63, 3.8) is 0 Å². The molecular formula is C46H76O10. The van der Waals surface area contributed by atoms with Crippen LogP contribution in [0.1, 0.15) is 126 Å². The molecule has 0 bridgehead atoms. The molecule has 56 heavy (non-hydrogen) atoms. The van der Waals surface area contributed by atoms with Gasteiger partial charge in [0, 0.05) is 45.3 Å². The van der Waals surface area contributed by atoms with Crippen LogP contribution >= 0.6 is 0 Å². The molecule has 0 aromatic rings. The molecule has 1 heterocycles. The summed E-state index contributed by atoms with van der Waals surface area (Å²) in [5.74, 6) is -2.01. The molecule has 1 aliphatic carbocycles. The van der Waals surface area contributed by atoms with Crippen LogP contribution in [0.5, 0.6) is 0 Å². The lowest BCUT2D eigenvalue weighted by molar-refractivity contribution is -0.263. The van der Waals surface area contributed by atoms with Crippen LogP contribution in [0, 0.1) is 35.5 Å². The van der Waals surface area contributed by atoms with E-state index in [-0.39, 0.29) is 65.9 Å². The zero-order valence-corrected chi connectivity index (χ0v) is 36.2. The minimum Gasteiger partial charge on any atom is -0.394 e. The largest absolute Gasteiger partial charge is 0.394 e. The highest BCUT2D eigenvalue weighted by Gasteiger charge is 2.45. The molecule has 10 nitrogen and oxygen atoms in total. The van der Waals surface area contributed by atoms with Gasteiger partial charge in [-0.05, 0) is 101 Å². The topological polar surface area (TPSA) is 149 Å². The first kappa shape index (κ1) is 49.8. The van der Waals surface area contributed by atoms with E-state index < -0.39 is 18.0 Å². The van der Waals surface area contributed by atoms with Gasteiger partial charge in [-0.1, -0.05) is 76.6 Å². The van der Waals surface area contributed by atoms with E-state index in [0.717, 1.165) is 57.8 Å². The maximum absolute atomic E-state index is 13.4. The number of methoxy groups -OCH3 is 2. The minimum atomic E-state index is -1.68. The van der Waals surface area contributed by atoms with Crippen molar-refractivity contribution >= 4 is 17.3 Å². The molecule has 0 radical (unpaired) electrons. The number of ether oxygens (including phenoxy) is 4. The maximum atomic E-state index is 13.4. The predicted octanol–water partition coefficient (Wildman–Crippen LogP) is 7.68. The van der Waals surface area contributed by atoms with E-state index in [1.165, 1.54) is 19.6 Å². The Balaban J connectivity index is 1.80. The smallest absolute Gasteiger partial charge is 0.229 e. The van der Waals surface area contributed by atoms with Gasteiger partial charge >= 0.3 is 0 Å². The number of aliphatic hydroxyl groups excluding tert-OH is 2. The molecule has 1 unspecified atom stereocenters. The molecule has 10 heteroatoms. The summed E-state index contributed by atoms with van der Waals surface area (Å²) in [6.07, 6.45) is 18.4. The third-order valence-corrected chi connectivity index (χ3v) is 12.0. The third kappa shape index (κ3) is 16.1. The molecule has 0 spiro atoms. The molecule has 12 atom stereocenters. The van der Waals surface area contributed by atoms with Gasteiger partial charge in [-0.2, -0.15) is 0 Å². The van der Waals surface area contributed by atoms with Gasteiger partial charge in [-0.3, -0.25) is 14.4 Å². The van der Waals surface area contributed by atoms with Crippen molar-refractivity contribution in [1.29, 1.82) is 0 Å². The second-order valence-electron chi connectivity index (χ2n) is 17.0. The molecule has 0 aromatic carbocycles. The molecule has 320 valence electrons. The van der Waals surface area contributed by atoms with E-state index in [2.05, 4.69) is 26.8 Å². The molecule has 1 saturated carbocycles. The normalized spacial score (nSPS) is 28.6. The van der Waals surface area contributed by atoms with E-state index in [9.17, 15) is 24.6 Å². The van der Waals surface area contributed by atoms with Gasteiger partial charge in [-0.15, -0.1) is 0 Å². The number of ketones is 3. The van der Waals surface area contributed by atoms with Crippen LogP contribution < -0.4 is 0 Å². The molecular weight excluding hydrogens is 712 g/mol. The van der Waals surface area contributed by atoms with Crippen molar-refractivity contribution in [1.82, 2.24) is 0 Å². The molecule has 1 aliphatic heterocycles. The van der Waals surface area contributed by atoms with Gasteiger partial charge in [0.2, 0.25) is 5.79 Å². The highest BCUT2D eigenvalue weighted by Crippen LogP contribution is 2.36. The first-order chi connectivity index (χ1) is 26.5.